The van der Waals surface area contributed by atoms with E-state index in [0.29, 0.717) is 18.1 Å². The Kier molecular flexibility index (Phi) is 8.92. The van der Waals surface area contributed by atoms with Crippen LogP contribution in [0.5, 0.6) is 0 Å². The highest BCUT2D eigenvalue weighted by Crippen LogP contribution is 2.05. The molecule has 0 aliphatic rings. The lowest BCUT2D eigenvalue weighted by atomic mass is 10.1. The fourth-order valence-corrected chi connectivity index (χ4v) is 2.14. The number of guanidine groups is 1. The van der Waals surface area contributed by atoms with Gasteiger partial charge in [-0.3, -0.25) is 9.79 Å². The number of halogens is 1. The van der Waals surface area contributed by atoms with Gasteiger partial charge in [0.1, 0.15) is 5.76 Å². The highest BCUT2D eigenvalue weighted by molar-refractivity contribution is 14.0. The molecule has 2 rings (SSSR count). The first kappa shape index (κ1) is 20.0. The Hall–Kier alpha value is -2.03. The standard InChI is InChI=1S/C17H22N4O2.HI/c1-18-16(22)14-6-3-5-13(11-14)8-9-20-17(19-2)21-12-15-7-4-10-23-15;/h3-7,10-11H,8-9,12H2,1-2H3,(H,18,22)(H2,19,20,21);1H. The second-order valence-corrected chi connectivity index (χ2v) is 4.96. The molecule has 7 heteroatoms. The number of nitrogens with zero attached hydrogens (tertiary/aromatic N) is 1. The molecule has 0 bridgehead atoms. The first-order chi connectivity index (χ1) is 11.2. The lowest BCUT2D eigenvalue weighted by molar-refractivity contribution is 0.0963. The van der Waals surface area contributed by atoms with Gasteiger partial charge in [0.15, 0.2) is 5.96 Å². The summed E-state index contributed by atoms with van der Waals surface area (Å²) in [6.07, 6.45) is 2.44. The second kappa shape index (κ2) is 10.7. The highest BCUT2D eigenvalue weighted by atomic mass is 127. The first-order valence-electron chi connectivity index (χ1n) is 7.51. The van der Waals surface area contributed by atoms with Crippen LogP contribution in [0.15, 0.2) is 52.1 Å². The van der Waals surface area contributed by atoms with E-state index in [0.717, 1.165) is 24.3 Å². The normalized spacial score (nSPS) is 10.7. The van der Waals surface area contributed by atoms with Crippen molar-refractivity contribution in [2.75, 3.05) is 20.6 Å². The summed E-state index contributed by atoms with van der Waals surface area (Å²) in [5.74, 6) is 1.49. The zero-order valence-corrected chi connectivity index (χ0v) is 16.2. The van der Waals surface area contributed by atoms with Crippen molar-refractivity contribution >= 4 is 35.8 Å². The summed E-state index contributed by atoms with van der Waals surface area (Å²) < 4.78 is 5.27. The molecule has 0 atom stereocenters. The Morgan fingerprint density at radius 1 is 1.21 bits per heavy atom. The Morgan fingerprint density at radius 3 is 2.71 bits per heavy atom. The van der Waals surface area contributed by atoms with E-state index in [-0.39, 0.29) is 29.9 Å². The number of benzene rings is 1. The smallest absolute Gasteiger partial charge is 0.251 e. The van der Waals surface area contributed by atoms with Crippen LogP contribution in [0, 0.1) is 0 Å². The number of aliphatic imine (C=N–C) groups is 1. The molecule has 0 aliphatic carbocycles. The average molecular weight is 442 g/mol. The summed E-state index contributed by atoms with van der Waals surface area (Å²) in [5, 5.41) is 9.05. The summed E-state index contributed by atoms with van der Waals surface area (Å²) in [4.78, 5) is 15.8. The maximum absolute atomic E-state index is 11.6. The van der Waals surface area contributed by atoms with Crippen LogP contribution in [-0.2, 0) is 13.0 Å². The summed E-state index contributed by atoms with van der Waals surface area (Å²) in [7, 11) is 3.36. The summed E-state index contributed by atoms with van der Waals surface area (Å²) >= 11 is 0. The second-order valence-electron chi connectivity index (χ2n) is 4.96. The van der Waals surface area contributed by atoms with Crippen molar-refractivity contribution in [1.29, 1.82) is 0 Å². The van der Waals surface area contributed by atoms with E-state index >= 15 is 0 Å². The summed E-state index contributed by atoms with van der Waals surface area (Å²) in [6, 6.07) is 11.4. The van der Waals surface area contributed by atoms with Gasteiger partial charge in [-0.1, -0.05) is 12.1 Å². The monoisotopic (exact) mass is 442 g/mol. The molecular formula is C17H23IN4O2. The largest absolute Gasteiger partial charge is 0.467 e. The van der Waals surface area contributed by atoms with Crippen LogP contribution in [0.2, 0.25) is 0 Å². The van der Waals surface area contributed by atoms with Crippen molar-refractivity contribution in [3.63, 3.8) is 0 Å². The van der Waals surface area contributed by atoms with Gasteiger partial charge in [-0.15, -0.1) is 24.0 Å². The van der Waals surface area contributed by atoms with Gasteiger partial charge in [-0.05, 0) is 36.2 Å². The minimum Gasteiger partial charge on any atom is -0.467 e. The van der Waals surface area contributed by atoms with Crippen molar-refractivity contribution in [1.82, 2.24) is 16.0 Å². The van der Waals surface area contributed by atoms with Crippen molar-refractivity contribution in [3.8, 4) is 0 Å². The fourth-order valence-electron chi connectivity index (χ4n) is 2.14. The molecule has 0 saturated heterocycles. The maximum atomic E-state index is 11.6. The highest BCUT2D eigenvalue weighted by Gasteiger charge is 2.04. The molecule has 1 amide bonds. The molecule has 0 spiro atoms. The third kappa shape index (κ3) is 6.23. The van der Waals surface area contributed by atoms with E-state index in [1.165, 1.54) is 0 Å². The number of rotatable bonds is 6. The number of carbonyl (C=O) groups is 1. The quantitative estimate of drug-likeness (QED) is 0.364. The van der Waals surface area contributed by atoms with Gasteiger partial charge in [0, 0.05) is 26.2 Å². The topological polar surface area (TPSA) is 78.7 Å². The molecule has 1 aromatic heterocycles. The van der Waals surface area contributed by atoms with Gasteiger partial charge in [0.2, 0.25) is 0 Å². The SMILES string of the molecule is CN=C(NCCc1cccc(C(=O)NC)c1)NCc1ccco1.I. The molecule has 24 heavy (non-hydrogen) atoms. The number of carbonyl (C=O) groups excluding carboxylic acids is 1. The predicted octanol–water partition coefficient (Wildman–Crippen LogP) is 2.16. The molecule has 0 fully saturated rings. The first-order valence-corrected chi connectivity index (χ1v) is 7.51. The zero-order valence-electron chi connectivity index (χ0n) is 13.8. The van der Waals surface area contributed by atoms with E-state index in [1.807, 2.05) is 30.3 Å². The molecule has 3 N–H and O–H groups in total. The average Bonchev–Trinajstić information content (AvgIpc) is 3.11. The summed E-state index contributed by atoms with van der Waals surface area (Å²) in [6.45, 7) is 1.30. The fraction of sp³-hybridized carbons (Fsp3) is 0.294. The molecule has 0 unspecified atom stereocenters. The number of nitrogens with one attached hydrogen (secondary N) is 3. The Morgan fingerprint density at radius 2 is 2.04 bits per heavy atom. The molecule has 6 nitrogen and oxygen atoms in total. The van der Waals surface area contributed by atoms with Gasteiger partial charge < -0.3 is 20.4 Å². The Labute approximate surface area is 159 Å². The van der Waals surface area contributed by atoms with E-state index in [4.69, 9.17) is 4.42 Å². The Balaban J connectivity index is 0.00000288. The van der Waals surface area contributed by atoms with E-state index < -0.39 is 0 Å². The van der Waals surface area contributed by atoms with Crippen LogP contribution < -0.4 is 16.0 Å². The van der Waals surface area contributed by atoms with Gasteiger partial charge >= 0.3 is 0 Å². The summed E-state index contributed by atoms with van der Waals surface area (Å²) in [5.41, 5.74) is 1.77. The molecule has 2 aromatic rings. The van der Waals surface area contributed by atoms with Crippen molar-refractivity contribution < 1.29 is 9.21 Å². The zero-order chi connectivity index (χ0) is 16.5. The van der Waals surface area contributed by atoms with Gasteiger partial charge in [0.25, 0.3) is 5.91 Å². The number of furan rings is 1. The maximum Gasteiger partial charge on any atom is 0.251 e. The van der Waals surface area contributed by atoms with Crippen molar-refractivity contribution in [2.45, 2.75) is 13.0 Å². The van der Waals surface area contributed by atoms with E-state index in [2.05, 4.69) is 20.9 Å². The molecule has 0 radical (unpaired) electrons. The van der Waals surface area contributed by atoms with E-state index in [1.54, 1.807) is 26.4 Å². The number of hydrogen-bond acceptors (Lipinski definition) is 3. The van der Waals surface area contributed by atoms with Gasteiger partial charge in [-0.2, -0.15) is 0 Å². The molecule has 1 aromatic carbocycles. The molecular weight excluding hydrogens is 419 g/mol. The van der Waals surface area contributed by atoms with Crippen molar-refractivity contribution in [2.24, 2.45) is 4.99 Å². The van der Waals surface area contributed by atoms with Gasteiger partial charge in [0.05, 0.1) is 12.8 Å². The van der Waals surface area contributed by atoms with Crippen molar-refractivity contribution in [3.05, 3.63) is 59.5 Å². The number of hydrogen-bond donors (Lipinski definition) is 3. The number of amides is 1. The third-order valence-corrected chi connectivity index (χ3v) is 3.36. The molecule has 130 valence electrons. The molecule has 1 heterocycles. The third-order valence-electron chi connectivity index (χ3n) is 3.36. The van der Waals surface area contributed by atoms with Gasteiger partial charge in [-0.25, -0.2) is 0 Å². The predicted molar refractivity (Wildman–Crippen MR) is 106 cm³/mol. The minimum absolute atomic E-state index is 0. The van der Waals surface area contributed by atoms with Crippen LogP contribution in [0.25, 0.3) is 0 Å². The molecule has 0 saturated carbocycles. The van der Waals surface area contributed by atoms with Crippen LogP contribution in [-0.4, -0.2) is 32.5 Å². The lowest BCUT2D eigenvalue weighted by Gasteiger charge is -2.11. The van der Waals surface area contributed by atoms with E-state index in [9.17, 15) is 4.79 Å². The minimum atomic E-state index is -0.0734. The lowest BCUT2D eigenvalue weighted by Crippen LogP contribution is -2.37. The molecule has 0 aliphatic heterocycles. The van der Waals surface area contributed by atoms with Crippen LogP contribution in [0.3, 0.4) is 0 Å². The van der Waals surface area contributed by atoms with Crippen LogP contribution in [0.1, 0.15) is 21.7 Å². The van der Waals surface area contributed by atoms with Crippen LogP contribution in [0.4, 0.5) is 0 Å². The van der Waals surface area contributed by atoms with Crippen LogP contribution >= 0.6 is 24.0 Å². The Bertz CT molecular complexity index is 656.